The van der Waals surface area contributed by atoms with E-state index in [9.17, 15) is 0 Å². The highest BCUT2D eigenvalue weighted by Gasteiger charge is 2.54. The first kappa shape index (κ1) is 22.3. The molecule has 0 saturated carbocycles. The van der Waals surface area contributed by atoms with Gasteiger partial charge in [-0.2, -0.15) is 0 Å². The topological polar surface area (TPSA) is 9.23 Å². The lowest BCUT2D eigenvalue weighted by atomic mass is 9.53. The summed E-state index contributed by atoms with van der Waals surface area (Å²) in [6, 6.07) is 0. The second kappa shape index (κ2) is 6.67. The van der Waals surface area contributed by atoms with E-state index >= 15 is 0 Å². The van der Waals surface area contributed by atoms with Crippen molar-refractivity contribution in [1.82, 2.24) is 0 Å². The molecule has 0 fully saturated rings. The van der Waals surface area contributed by atoms with Gasteiger partial charge in [-0.15, -0.1) is 12.6 Å². The average Bonchev–Trinajstić information content (AvgIpc) is 2.25. The molecule has 0 heterocycles. The van der Waals surface area contributed by atoms with Gasteiger partial charge in [0, 0.05) is 12.0 Å². The molecule has 0 radical (unpaired) electrons. The van der Waals surface area contributed by atoms with E-state index in [1.165, 1.54) is 0 Å². The minimum atomic E-state index is -0.461. The molecule has 1 nitrogen and oxygen atoms in total. The molecule has 0 aliphatic rings. The second-order valence-corrected chi connectivity index (χ2v) is 11.1. The third-order valence-corrected chi connectivity index (χ3v) is 7.98. The van der Waals surface area contributed by atoms with Gasteiger partial charge in [0.1, 0.15) is 4.93 Å². The van der Waals surface area contributed by atoms with Crippen LogP contribution in [0.15, 0.2) is 0 Å². The molecule has 0 amide bonds. The van der Waals surface area contributed by atoms with Gasteiger partial charge in [0.05, 0.1) is 0 Å². The first-order valence-corrected chi connectivity index (χ1v) is 9.21. The number of rotatable bonds is 7. The minimum Gasteiger partial charge on any atom is -0.364 e. The van der Waals surface area contributed by atoms with Crippen LogP contribution < -0.4 is 0 Å². The van der Waals surface area contributed by atoms with Gasteiger partial charge in [0.2, 0.25) is 0 Å². The van der Waals surface area contributed by atoms with Gasteiger partial charge in [-0.25, -0.2) is 0 Å². The average molecular weight is 331 g/mol. The maximum Gasteiger partial charge on any atom is 0.113 e. The van der Waals surface area contributed by atoms with Crippen LogP contribution in [-0.2, 0) is 4.74 Å². The Morgan fingerprint density at radius 2 is 1.18 bits per heavy atom. The lowest BCUT2D eigenvalue weighted by Crippen LogP contribution is -2.54. The maximum atomic E-state index is 6.33. The first-order chi connectivity index (χ1) is 9.40. The van der Waals surface area contributed by atoms with Crippen molar-refractivity contribution in [2.75, 3.05) is 6.61 Å². The van der Waals surface area contributed by atoms with E-state index in [-0.39, 0.29) is 16.2 Å². The van der Waals surface area contributed by atoms with E-state index in [4.69, 9.17) is 17.4 Å². The number of hydrogen-bond acceptors (Lipinski definition) is 2. The summed E-state index contributed by atoms with van der Waals surface area (Å²) in [5.74, 6) is 0.654. The molecule has 0 aromatic carbocycles. The monoisotopic (exact) mass is 330 g/mol. The van der Waals surface area contributed by atoms with Gasteiger partial charge >= 0.3 is 0 Å². The SMILES string of the molecule is CC(C)C(C)(C)CCOC(C)(S)C(C)(C)C(C)(C)C(C)(C)C. The second-order valence-electron chi connectivity index (χ2n) is 10.2. The molecule has 134 valence electrons. The molecule has 1 atom stereocenters. The van der Waals surface area contributed by atoms with Crippen LogP contribution in [0.5, 0.6) is 0 Å². The van der Waals surface area contributed by atoms with Crippen molar-refractivity contribution in [1.29, 1.82) is 0 Å². The van der Waals surface area contributed by atoms with Crippen molar-refractivity contribution < 1.29 is 4.74 Å². The van der Waals surface area contributed by atoms with Gasteiger partial charge in [-0.05, 0) is 35.5 Å². The molecular formula is C20H42OS. The highest BCUT2D eigenvalue weighted by Crippen LogP contribution is 2.58. The quantitative estimate of drug-likeness (QED) is 0.398. The molecule has 0 saturated heterocycles. The molecule has 2 heteroatoms. The van der Waals surface area contributed by atoms with Gasteiger partial charge < -0.3 is 4.74 Å². The zero-order valence-corrected chi connectivity index (χ0v) is 18.2. The summed E-state index contributed by atoms with van der Waals surface area (Å²) in [5, 5.41) is 0. The molecule has 0 N–H and O–H groups in total. The van der Waals surface area contributed by atoms with Crippen LogP contribution in [-0.4, -0.2) is 11.5 Å². The van der Waals surface area contributed by atoms with Crippen LogP contribution in [0.25, 0.3) is 0 Å². The molecule has 0 aliphatic carbocycles. The third-order valence-electron chi connectivity index (χ3n) is 7.29. The Hall–Kier alpha value is 0.310. The van der Waals surface area contributed by atoms with E-state index < -0.39 is 4.93 Å². The molecule has 0 aromatic heterocycles. The zero-order valence-electron chi connectivity index (χ0n) is 17.3. The maximum absolute atomic E-state index is 6.33. The minimum absolute atomic E-state index is 0.0661. The molecule has 0 rings (SSSR count). The fourth-order valence-electron chi connectivity index (χ4n) is 2.50. The highest BCUT2D eigenvalue weighted by molar-refractivity contribution is 7.81. The standard InChI is InChI=1S/C20H42OS/c1-15(2)17(6,7)13-14-21-20(12,22)19(10,11)18(8,9)16(3,4)5/h15,22H,13-14H2,1-12H3. The zero-order chi connectivity index (χ0) is 18.2. The Balaban J connectivity index is 5.08. The molecule has 0 bridgehead atoms. The van der Waals surface area contributed by atoms with E-state index in [1.807, 2.05) is 0 Å². The summed E-state index contributed by atoms with van der Waals surface area (Å²) >= 11 is 4.95. The Labute approximate surface area is 146 Å². The van der Waals surface area contributed by atoms with Gasteiger partial charge in [-0.3, -0.25) is 0 Å². The fourth-order valence-corrected chi connectivity index (χ4v) is 2.87. The van der Waals surface area contributed by atoms with E-state index in [0.29, 0.717) is 11.3 Å². The van der Waals surface area contributed by atoms with Gasteiger partial charge in [-0.1, -0.05) is 76.2 Å². The number of ether oxygens (including phenoxy) is 1. The normalized spacial score (nSPS) is 17.7. The largest absolute Gasteiger partial charge is 0.364 e. The van der Waals surface area contributed by atoms with E-state index in [0.717, 1.165) is 13.0 Å². The van der Waals surface area contributed by atoms with Crippen LogP contribution >= 0.6 is 12.6 Å². The molecule has 22 heavy (non-hydrogen) atoms. The fraction of sp³-hybridized carbons (Fsp3) is 1.00. The van der Waals surface area contributed by atoms with Crippen molar-refractivity contribution in [3.05, 3.63) is 0 Å². The van der Waals surface area contributed by atoms with Gasteiger partial charge in [0.15, 0.2) is 0 Å². The van der Waals surface area contributed by atoms with Crippen molar-refractivity contribution in [2.45, 2.75) is 94.4 Å². The van der Waals surface area contributed by atoms with E-state index in [2.05, 4.69) is 83.1 Å². The van der Waals surface area contributed by atoms with Crippen LogP contribution in [0.4, 0.5) is 0 Å². The molecule has 0 aromatic rings. The molecular weight excluding hydrogens is 288 g/mol. The first-order valence-electron chi connectivity index (χ1n) is 8.76. The highest BCUT2D eigenvalue weighted by atomic mass is 32.1. The molecule has 1 unspecified atom stereocenters. The summed E-state index contributed by atoms with van der Waals surface area (Å²) in [6.07, 6.45) is 1.06. The van der Waals surface area contributed by atoms with Crippen LogP contribution in [0.2, 0.25) is 0 Å². The van der Waals surface area contributed by atoms with Crippen molar-refractivity contribution in [2.24, 2.45) is 27.6 Å². The predicted octanol–water partition coefficient (Wildman–Crippen LogP) is 6.82. The summed E-state index contributed by atoms with van der Waals surface area (Å²) in [4.78, 5) is -0.461. The lowest BCUT2D eigenvalue weighted by Gasteiger charge is -2.56. The van der Waals surface area contributed by atoms with Crippen molar-refractivity contribution >= 4 is 12.6 Å². The number of hydrogen-bond donors (Lipinski definition) is 1. The third kappa shape index (κ3) is 4.44. The summed E-state index contributed by atoms with van der Waals surface area (Å²) in [5.41, 5.74) is 0.502. The van der Waals surface area contributed by atoms with Crippen LogP contribution in [0.3, 0.4) is 0 Å². The number of thiol groups is 1. The molecule has 0 spiro atoms. The smallest absolute Gasteiger partial charge is 0.113 e. The summed E-state index contributed by atoms with van der Waals surface area (Å²) in [6.45, 7) is 28.3. The van der Waals surface area contributed by atoms with E-state index in [1.54, 1.807) is 0 Å². The predicted molar refractivity (Wildman–Crippen MR) is 104 cm³/mol. The summed E-state index contributed by atoms with van der Waals surface area (Å²) < 4.78 is 6.33. The lowest BCUT2D eigenvalue weighted by molar-refractivity contribution is -0.134. The molecule has 0 aliphatic heterocycles. The van der Waals surface area contributed by atoms with Crippen LogP contribution in [0.1, 0.15) is 89.5 Å². The van der Waals surface area contributed by atoms with Crippen molar-refractivity contribution in [3.63, 3.8) is 0 Å². The summed E-state index contributed by atoms with van der Waals surface area (Å²) in [7, 11) is 0. The Morgan fingerprint density at radius 1 is 0.773 bits per heavy atom. The Bertz CT molecular complexity index is 356. The van der Waals surface area contributed by atoms with Gasteiger partial charge in [0.25, 0.3) is 0 Å². The van der Waals surface area contributed by atoms with Crippen LogP contribution in [0, 0.1) is 27.6 Å². The Morgan fingerprint density at radius 3 is 1.50 bits per heavy atom. The Kier molecular flexibility index (Phi) is 6.76. The van der Waals surface area contributed by atoms with Crippen molar-refractivity contribution in [3.8, 4) is 0 Å².